The Kier molecular flexibility index (Phi) is 9.11. The van der Waals surface area contributed by atoms with Crippen LogP contribution >= 0.6 is 0 Å². The van der Waals surface area contributed by atoms with Gasteiger partial charge < -0.3 is 14.9 Å². The normalized spacial score (nSPS) is 26.3. The highest BCUT2D eigenvalue weighted by molar-refractivity contribution is 7.89. The fourth-order valence-electron chi connectivity index (χ4n) is 5.15. The second-order valence-electron chi connectivity index (χ2n) is 9.78. The first kappa shape index (κ1) is 28.5. The van der Waals surface area contributed by atoms with Crippen molar-refractivity contribution in [2.45, 2.75) is 76.4 Å². The van der Waals surface area contributed by atoms with Gasteiger partial charge in [0.2, 0.25) is 10.0 Å². The summed E-state index contributed by atoms with van der Waals surface area (Å²) in [6, 6.07) is 4.70. The van der Waals surface area contributed by atoms with E-state index in [0.29, 0.717) is 31.4 Å². The molecule has 36 heavy (non-hydrogen) atoms. The fraction of sp³-hybridized carbons (Fsp3) is 0.640. The molecule has 1 aliphatic heterocycles. The molecule has 0 bridgehead atoms. The smallest absolute Gasteiger partial charge is 0.394 e. The molecule has 1 fully saturated rings. The van der Waals surface area contributed by atoms with Gasteiger partial charge in [0.25, 0.3) is 5.91 Å². The standard InChI is InChI=1S/C25H34F3NO6S/c1-3-4-8-19(25(26,27)28)20(30)12-11-17-18-7-5-6-15-9-10-16(24(32)29-36(2,33)34)13-22(15)35-23(18)14-21(17)31/h9-13,17-21,23,30-31H,3-8,14H2,1-2H3,(H,29,32)/b12-11+/t17-,18-,19?,20?,21-,23+/m1/s1. The molecule has 1 heterocycles. The molecule has 1 saturated carbocycles. The number of halogens is 3. The summed E-state index contributed by atoms with van der Waals surface area (Å²) >= 11 is 0. The van der Waals surface area contributed by atoms with Crippen LogP contribution in [-0.2, 0) is 16.4 Å². The van der Waals surface area contributed by atoms with Crippen molar-refractivity contribution >= 4 is 15.9 Å². The van der Waals surface area contributed by atoms with Gasteiger partial charge in [0.05, 0.1) is 24.4 Å². The van der Waals surface area contributed by atoms with Crippen molar-refractivity contribution in [3.05, 3.63) is 41.5 Å². The molecule has 1 aliphatic carbocycles. The number of aryl methyl sites for hydroxylation is 1. The molecule has 0 spiro atoms. The summed E-state index contributed by atoms with van der Waals surface area (Å²) < 4.78 is 71.2. The van der Waals surface area contributed by atoms with Gasteiger partial charge in [-0.05, 0) is 43.4 Å². The van der Waals surface area contributed by atoms with E-state index in [4.69, 9.17) is 4.74 Å². The number of hydrogen-bond donors (Lipinski definition) is 3. The summed E-state index contributed by atoms with van der Waals surface area (Å²) in [6.07, 6.45) is -0.968. The third-order valence-electron chi connectivity index (χ3n) is 6.99. The molecule has 1 amide bonds. The summed E-state index contributed by atoms with van der Waals surface area (Å²) in [5.74, 6) is -2.90. The Morgan fingerprint density at radius 1 is 1.33 bits per heavy atom. The number of alkyl halides is 3. The third-order valence-corrected chi connectivity index (χ3v) is 7.55. The van der Waals surface area contributed by atoms with E-state index in [1.807, 2.05) is 4.72 Å². The lowest BCUT2D eigenvalue weighted by molar-refractivity contribution is -0.195. The van der Waals surface area contributed by atoms with E-state index in [1.165, 1.54) is 18.2 Å². The van der Waals surface area contributed by atoms with Crippen LogP contribution < -0.4 is 9.46 Å². The Labute approximate surface area is 209 Å². The van der Waals surface area contributed by atoms with Gasteiger partial charge >= 0.3 is 6.18 Å². The van der Waals surface area contributed by atoms with Gasteiger partial charge in [-0.3, -0.25) is 4.79 Å². The third kappa shape index (κ3) is 7.23. The maximum atomic E-state index is 13.4. The zero-order valence-electron chi connectivity index (χ0n) is 20.4. The largest absolute Gasteiger partial charge is 0.490 e. The quantitative estimate of drug-likeness (QED) is 0.439. The second kappa shape index (κ2) is 11.5. The Hall–Kier alpha value is -2.11. The van der Waals surface area contributed by atoms with Crippen LogP contribution in [-0.4, -0.2) is 55.3 Å². The average Bonchev–Trinajstić information content (AvgIpc) is 3.03. The number of aliphatic hydroxyl groups excluding tert-OH is 2. The summed E-state index contributed by atoms with van der Waals surface area (Å²) in [5, 5.41) is 21.0. The van der Waals surface area contributed by atoms with Gasteiger partial charge in [-0.15, -0.1) is 0 Å². The highest BCUT2D eigenvalue weighted by atomic mass is 32.2. The van der Waals surface area contributed by atoms with Crippen molar-refractivity contribution in [1.29, 1.82) is 0 Å². The highest BCUT2D eigenvalue weighted by Gasteiger charge is 2.45. The molecule has 0 aromatic heterocycles. The van der Waals surface area contributed by atoms with E-state index in [9.17, 15) is 36.6 Å². The summed E-state index contributed by atoms with van der Waals surface area (Å²) in [7, 11) is -3.74. The number of rotatable bonds is 8. The minimum atomic E-state index is -4.52. The Morgan fingerprint density at radius 2 is 2.06 bits per heavy atom. The monoisotopic (exact) mass is 533 g/mol. The van der Waals surface area contributed by atoms with Crippen molar-refractivity contribution in [3.63, 3.8) is 0 Å². The molecule has 6 atom stereocenters. The minimum Gasteiger partial charge on any atom is -0.490 e. The van der Waals surface area contributed by atoms with Crippen LogP contribution in [0.1, 0.15) is 61.4 Å². The molecule has 3 N–H and O–H groups in total. The Bertz CT molecular complexity index is 1060. The zero-order chi connectivity index (χ0) is 26.7. The molecule has 1 aromatic carbocycles. The number of sulfonamides is 1. The van der Waals surface area contributed by atoms with Crippen molar-refractivity contribution < 1.29 is 41.3 Å². The zero-order valence-corrected chi connectivity index (χ0v) is 21.2. The van der Waals surface area contributed by atoms with Crippen LogP contribution in [0.25, 0.3) is 0 Å². The van der Waals surface area contributed by atoms with Gasteiger partial charge in [-0.1, -0.05) is 38.0 Å². The fourth-order valence-corrected chi connectivity index (χ4v) is 5.60. The Morgan fingerprint density at radius 3 is 2.69 bits per heavy atom. The number of amides is 1. The topological polar surface area (TPSA) is 113 Å². The van der Waals surface area contributed by atoms with Crippen LogP contribution in [0.4, 0.5) is 13.2 Å². The predicted molar refractivity (Wildman–Crippen MR) is 128 cm³/mol. The lowest BCUT2D eigenvalue weighted by atomic mass is 9.86. The van der Waals surface area contributed by atoms with Crippen molar-refractivity contribution in [3.8, 4) is 5.75 Å². The molecule has 3 rings (SSSR count). The first-order valence-corrected chi connectivity index (χ1v) is 14.1. The van der Waals surface area contributed by atoms with E-state index in [-0.39, 0.29) is 24.3 Å². The number of aliphatic hydroxyl groups is 2. The number of carbonyl (C=O) groups excluding carboxylic acids is 1. The van der Waals surface area contributed by atoms with E-state index in [1.54, 1.807) is 13.0 Å². The minimum absolute atomic E-state index is 0.111. The summed E-state index contributed by atoms with van der Waals surface area (Å²) in [5.41, 5.74) is 0.955. The average molecular weight is 534 g/mol. The number of unbranched alkanes of at least 4 members (excludes halogenated alkanes) is 1. The van der Waals surface area contributed by atoms with Gasteiger partial charge in [0.1, 0.15) is 11.9 Å². The van der Waals surface area contributed by atoms with Crippen molar-refractivity contribution in [2.75, 3.05) is 6.26 Å². The molecule has 7 nitrogen and oxygen atoms in total. The van der Waals surface area contributed by atoms with Crippen LogP contribution in [0.3, 0.4) is 0 Å². The van der Waals surface area contributed by atoms with Crippen LogP contribution in [0.15, 0.2) is 30.4 Å². The molecule has 2 aliphatic rings. The number of carbonyl (C=O) groups is 1. The predicted octanol–water partition coefficient (Wildman–Crippen LogP) is 3.74. The van der Waals surface area contributed by atoms with Crippen molar-refractivity contribution in [2.24, 2.45) is 17.8 Å². The number of ether oxygens (including phenoxy) is 1. The maximum Gasteiger partial charge on any atom is 0.394 e. The number of hydrogen-bond acceptors (Lipinski definition) is 6. The van der Waals surface area contributed by atoms with E-state index < -0.39 is 52.3 Å². The molecule has 0 saturated heterocycles. The molecular weight excluding hydrogens is 499 g/mol. The summed E-state index contributed by atoms with van der Waals surface area (Å²) in [4.78, 5) is 12.3. The molecule has 202 valence electrons. The van der Waals surface area contributed by atoms with Crippen molar-refractivity contribution in [1.82, 2.24) is 4.72 Å². The Balaban J connectivity index is 1.77. The molecule has 1 aromatic rings. The highest BCUT2D eigenvalue weighted by Crippen LogP contribution is 2.42. The first-order chi connectivity index (χ1) is 16.8. The van der Waals surface area contributed by atoms with E-state index >= 15 is 0 Å². The molecule has 0 radical (unpaired) electrons. The van der Waals surface area contributed by atoms with E-state index in [2.05, 4.69) is 0 Å². The van der Waals surface area contributed by atoms with Crippen LogP contribution in [0.2, 0.25) is 0 Å². The molecular formula is C25H34F3NO6S. The van der Waals surface area contributed by atoms with Gasteiger partial charge in [-0.25, -0.2) is 13.1 Å². The SMILES string of the molecule is CCCCC(C(O)/C=C/[C@@H]1[C@H]2CCCc3ccc(C(=O)NS(C)(=O)=O)cc3O[C@H]2C[C@H]1O)C(F)(F)F. The van der Waals surface area contributed by atoms with E-state index in [0.717, 1.165) is 24.3 Å². The summed E-state index contributed by atoms with van der Waals surface area (Å²) in [6.45, 7) is 1.79. The molecule has 2 unspecified atom stereocenters. The second-order valence-corrected chi connectivity index (χ2v) is 11.5. The van der Waals surface area contributed by atoms with Crippen LogP contribution in [0.5, 0.6) is 5.75 Å². The maximum absolute atomic E-state index is 13.4. The van der Waals surface area contributed by atoms with Gasteiger partial charge in [0.15, 0.2) is 0 Å². The number of nitrogens with one attached hydrogen (secondary N) is 1. The number of fused-ring (bicyclic) bond motifs is 2. The lowest BCUT2D eigenvalue weighted by Gasteiger charge is -2.28. The molecule has 11 heteroatoms. The van der Waals surface area contributed by atoms with Crippen LogP contribution in [0, 0.1) is 17.8 Å². The number of benzene rings is 1. The van der Waals surface area contributed by atoms with Gasteiger partial charge in [0, 0.05) is 23.8 Å². The van der Waals surface area contributed by atoms with Gasteiger partial charge in [-0.2, -0.15) is 13.2 Å². The lowest BCUT2D eigenvalue weighted by Crippen LogP contribution is -2.33. The first-order valence-electron chi connectivity index (χ1n) is 12.2.